The lowest BCUT2D eigenvalue weighted by molar-refractivity contribution is -0.281. The van der Waals surface area contributed by atoms with E-state index in [1.807, 2.05) is 42.1 Å². The van der Waals surface area contributed by atoms with E-state index in [0.717, 1.165) is 152 Å². The standard InChI is InChI=1S/2C22H28N2O2.2C20H24N2O.C16H24O4/c1-20(2)18-10-9-16-15-24(17-7-5-4-6-8-17)23-19(16)21(18,3)11-12-22(20)25-13-14-26-22;1-20(2)18-10-9-16-15-23-24(17-7-5-4-6-8-17)19(16)21(18,3)11-12-22(20)25-13-14-26-22;1-19(2)16-10-9-14-13-22(15-7-5-4-6-8-15)21-18(14)20(16,3)12-11-17(19)23;1-19(2)16-10-9-14-13-21-22(15-7-5-4-6-8-15)18(14)20(16,3)12-11-17(19)23;1-14(2)12-5-4-11(10-17)13(18)15(12,3)6-7-16(14)19-8-9-20-16/h2*4-8,15,18H,9-14H2,1-3H3;2*4-8,13,16H,9-12H2,1-3H3;10,12,17H,4-9H2,1-3H3/b;;;;11-10+/t2*18-,21-;2*16-,20-;12-,15-/m00000/s1. The van der Waals surface area contributed by atoms with Gasteiger partial charge in [-0.15, -0.1) is 0 Å². The molecule has 0 bridgehead atoms. The molecule has 0 amide bonds. The highest BCUT2D eigenvalue weighted by Gasteiger charge is 2.68. The molecule has 3 saturated heterocycles. The van der Waals surface area contributed by atoms with Crippen LogP contribution in [0.1, 0.15) is 252 Å². The summed E-state index contributed by atoms with van der Waals surface area (Å²) in [5.74, 6) is 1.63. The maximum absolute atomic E-state index is 12.7. The van der Waals surface area contributed by atoms with Crippen molar-refractivity contribution in [3.8, 4) is 22.7 Å². The van der Waals surface area contributed by atoms with Crippen molar-refractivity contribution < 1.29 is 47.9 Å². The number of nitrogens with zero attached hydrogens (tertiary/aromatic N) is 8. The molecule has 6 saturated carbocycles. The first-order chi connectivity index (χ1) is 56.2. The van der Waals surface area contributed by atoms with Crippen molar-refractivity contribution in [1.82, 2.24) is 39.1 Å². The maximum atomic E-state index is 12.7. The molecule has 21 rings (SSSR count). The lowest BCUT2D eigenvalue weighted by atomic mass is 9.48. The SMILES string of the molecule is CC1(C)C(=O)CC[C@]2(C)c3c(cnn3-c3ccccc3)CC[C@@H]12.CC1(C)C(=O)CC[C@]2(C)c3nn(-c4ccccc4)cc3CC[C@@H]12.CC1(C)[C@@H]2CC/C(=C\O)C(=O)[C@@]2(C)CCC12OCCO2.CC1(C)[C@@H]2CCc3cn(-c4ccccc4)nc3[C@@]2(C)CCC12OCCO2.CC1(C)[C@@H]2CCc3cnn(-c4ccccc4)c3[C@@]2(C)CCC12OCCO2. The highest BCUT2D eigenvalue weighted by Crippen LogP contribution is 2.67. The first kappa shape index (κ1) is 82.3. The Kier molecular flexibility index (Phi) is 20.9. The van der Waals surface area contributed by atoms with E-state index in [4.69, 9.17) is 48.8 Å². The zero-order chi connectivity index (χ0) is 83.1. The van der Waals surface area contributed by atoms with Crippen LogP contribution in [-0.2, 0) is 90.1 Å². The van der Waals surface area contributed by atoms with Gasteiger partial charge in [0.2, 0.25) is 0 Å². The van der Waals surface area contributed by atoms with Gasteiger partial charge in [0.25, 0.3) is 0 Å². The number of carbonyl (C=O) groups excluding carboxylic acids is 3. The number of Topliss-reactive ketones (excluding diaryl/α,β-unsaturated/α-hetero) is 3. The number of para-hydroxylation sites is 4. The van der Waals surface area contributed by atoms with Gasteiger partial charge in [0.15, 0.2) is 23.1 Å². The van der Waals surface area contributed by atoms with Crippen LogP contribution in [0.2, 0.25) is 0 Å². The predicted molar refractivity (Wildman–Crippen MR) is 456 cm³/mol. The van der Waals surface area contributed by atoms with E-state index in [-0.39, 0.29) is 60.4 Å². The summed E-state index contributed by atoms with van der Waals surface area (Å²) in [6.07, 6.45) is 28.6. The van der Waals surface area contributed by atoms with Gasteiger partial charge in [-0.2, -0.15) is 20.4 Å². The molecule has 8 aromatic rings. The third kappa shape index (κ3) is 12.9. The Morgan fingerprint density at radius 3 is 1.05 bits per heavy atom. The van der Waals surface area contributed by atoms with Gasteiger partial charge in [0, 0.05) is 104 Å². The quantitative estimate of drug-likeness (QED) is 0.129. The first-order valence-corrected chi connectivity index (χ1v) is 44.5. The van der Waals surface area contributed by atoms with Crippen molar-refractivity contribution in [3.63, 3.8) is 0 Å². The molecule has 7 heterocycles. The van der Waals surface area contributed by atoms with Crippen molar-refractivity contribution in [2.45, 2.75) is 271 Å². The number of aliphatic hydroxyl groups is 1. The van der Waals surface area contributed by atoms with E-state index < -0.39 is 22.8 Å². The van der Waals surface area contributed by atoms with Gasteiger partial charge in [-0.05, 0) is 197 Å². The number of aryl methyl sites for hydroxylation is 4. The number of hydrogen-bond donors (Lipinski definition) is 1. The first-order valence-electron chi connectivity index (χ1n) is 44.5. The van der Waals surface area contributed by atoms with E-state index >= 15 is 0 Å². The molecule has 118 heavy (non-hydrogen) atoms. The van der Waals surface area contributed by atoms with Gasteiger partial charge in [-0.3, -0.25) is 14.4 Å². The highest BCUT2D eigenvalue weighted by atomic mass is 16.7. The molecular formula is C100H128N8O10. The zero-order valence-corrected chi connectivity index (χ0v) is 72.9. The van der Waals surface area contributed by atoms with Gasteiger partial charge < -0.3 is 33.5 Å². The molecule has 9 fully saturated rings. The molecule has 1 N–H and O–H groups in total. The highest BCUT2D eigenvalue weighted by molar-refractivity contribution is 6.00. The fourth-order valence-electron chi connectivity index (χ4n) is 26.9. The minimum atomic E-state index is -0.530. The summed E-state index contributed by atoms with van der Waals surface area (Å²) in [6, 6.07) is 41.6. The number of benzene rings is 4. The van der Waals surface area contributed by atoms with E-state index in [0.29, 0.717) is 73.3 Å². The molecule has 18 nitrogen and oxygen atoms in total. The maximum Gasteiger partial charge on any atom is 0.173 e. The minimum absolute atomic E-state index is 0.0189. The summed E-state index contributed by atoms with van der Waals surface area (Å²) in [6.45, 7) is 38.1. The van der Waals surface area contributed by atoms with Crippen LogP contribution in [0, 0.1) is 62.1 Å². The number of ketones is 3. The van der Waals surface area contributed by atoms with E-state index in [9.17, 15) is 19.5 Å². The predicted octanol–water partition coefficient (Wildman–Crippen LogP) is 19.7. The number of ether oxygens (including phenoxy) is 6. The Bertz CT molecular complexity index is 5070. The van der Waals surface area contributed by atoms with Crippen molar-refractivity contribution >= 4 is 17.3 Å². The Labute approximate surface area is 699 Å². The van der Waals surface area contributed by atoms with Crippen LogP contribution in [0.4, 0.5) is 0 Å². The van der Waals surface area contributed by atoms with E-state index in [1.165, 1.54) is 57.9 Å². The third-order valence-corrected chi connectivity index (χ3v) is 33.5. The molecule has 628 valence electrons. The van der Waals surface area contributed by atoms with Crippen molar-refractivity contribution in [1.29, 1.82) is 0 Å². The van der Waals surface area contributed by atoms with Crippen LogP contribution < -0.4 is 0 Å². The molecule has 10 atom stereocenters. The second-order valence-electron chi connectivity index (χ2n) is 40.9. The second-order valence-corrected chi connectivity index (χ2v) is 40.9. The molecule has 0 radical (unpaired) electrons. The summed E-state index contributed by atoms with van der Waals surface area (Å²) in [4.78, 5) is 37.6. The number of allylic oxidation sites excluding steroid dienone is 1. The molecule has 4 aromatic heterocycles. The fourth-order valence-corrected chi connectivity index (χ4v) is 26.9. The van der Waals surface area contributed by atoms with Crippen molar-refractivity contribution in [3.05, 3.63) is 203 Å². The Morgan fingerprint density at radius 1 is 0.347 bits per heavy atom. The number of carbonyl (C=O) groups is 3. The molecule has 10 aliphatic carbocycles. The lowest BCUT2D eigenvalue weighted by Gasteiger charge is -2.59. The van der Waals surface area contributed by atoms with Crippen LogP contribution in [0.5, 0.6) is 0 Å². The van der Waals surface area contributed by atoms with Crippen molar-refractivity contribution in [2.24, 2.45) is 62.1 Å². The summed E-state index contributed by atoms with van der Waals surface area (Å²) >= 11 is 0. The average molecular weight is 1600 g/mol. The summed E-state index contributed by atoms with van der Waals surface area (Å²) in [7, 11) is 0. The van der Waals surface area contributed by atoms with Gasteiger partial charge in [-0.1, -0.05) is 177 Å². The van der Waals surface area contributed by atoms with Gasteiger partial charge in [0.1, 0.15) is 11.6 Å². The number of aliphatic hydroxyl groups excluding tert-OH is 1. The Morgan fingerprint density at radius 2 is 0.653 bits per heavy atom. The molecule has 18 heteroatoms. The molecule has 4 aromatic carbocycles. The van der Waals surface area contributed by atoms with Crippen LogP contribution in [0.15, 0.2) is 158 Å². The summed E-state index contributed by atoms with van der Waals surface area (Å²) in [5, 5.41) is 28.8. The monoisotopic (exact) mass is 1600 g/mol. The largest absolute Gasteiger partial charge is 0.515 e. The van der Waals surface area contributed by atoms with Crippen molar-refractivity contribution in [2.75, 3.05) is 39.6 Å². The smallest absolute Gasteiger partial charge is 0.173 e. The lowest BCUT2D eigenvalue weighted by Crippen LogP contribution is -2.61. The van der Waals surface area contributed by atoms with Crippen LogP contribution >= 0.6 is 0 Å². The van der Waals surface area contributed by atoms with Crippen LogP contribution in [-0.4, -0.2) is 119 Å². The third-order valence-electron chi connectivity index (χ3n) is 33.5. The average Bonchev–Trinajstić information content (AvgIpc) is 1.62. The number of aromatic nitrogens is 8. The zero-order valence-electron chi connectivity index (χ0n) is 72.9. The molecule has 3 aliphatic heterocycles. The van der Waals surface area contributed by atoms with E-state index in [1.54, 1.807) is 0 Å². The van der Waals surface area contributed by atoms with Gasteiger partial charge in [-0.25, -0.2) is 18.7 Å². The van der Waals surface area contributed by atoms with Gasteiger partial charge >= 0.3 is 0 Å². The fraction of sp³-hybridized carbons (Fsp3) is 0.590. The second kappa shape index (κ2) is 30.0. The molecular weight excluding hydrogens is 1470 g/mol. The Balaban J connectivity index is 0.000000106. The Hall–Kier alpha value is -7.97. The van der Waals surface area contributed by atoms with Crippen LogP contribution in [0.3, 0.4) is 0 Å². The minimum Gasteiger partial charge on any atom is -0.515 e. The normalized spacial score (nSPS) is 32.2. The summed E-state index contributed by atoms with van der Waals surface area (Å²) in [5.41, 5.74) is 14.9. The number of fused-ring (bicyclic) bond motifs is 13. The van der Waals surface area contributed by atoms with E-state index in [2.05, 4.69) is 227 Å². The van der Waals surface area contributed by atoms with Crippen LogP contribution in [0.25, 0.3) is 22.7 Å². The molecule has 3 spiro atoms. The topological polar surface area (TPSA) is 198 Å². The number of hydrogen-bond acceptors (Lipinski definition) is 14. The number of rotatable bonds is 4. The van der Waals surface area contributed by atoms with Gasteiger partial charge in [0.05, 0.1) is 104 Å². The summed E-state index contributed by atoms with van der Waals surface area (Å²) < 4.78 is 45.2. The molecule has 13 aliphatic rings. The molecule has 0 unspecified atom stereocenters.